The van der Waals surface area contributed by atoms with E-state index >= 15 is 0 Å². The van der Waals surface area contributed by atoms with Crippen LogP contribution in [0.2, 0.25) is 0 Å². The molecule has 5 fully saturated rings. The van der Waals surface area contributed by atoms with Crippen LogP contribution >= 0.6 is 0 Å². The van der Waals surface area contributed by atoms with E-state index in [4.69, 9.17) is 42.6 Å². The standard InChI is InChI=1S/C47H82O11/c1-18-35-23(6)21(4)28(11)44(51-35)55-40-26(9)31(14)47(58-42(40)32(15)48)54-39-25(8)29(12)45(52-37(39)20-3)56-41-27(10)30(13)46(57-43(41)33(16)49)53-38-24(7)22(5)34(17)50-36(38)19-2/h21-31,34-47H,18-20H2,1-17H3/t21-,22?,23+,24+,25+,26+,27?,28?,29?,30-,31?,34?,35?,36?,37?,38+,39+,40+,41+,42?,43?,44-,45-,46+,47+/m0/s1. The number of carbonyl (C=O) groups excluding carboxylic acids is 2. The van der Waals surface area contributed by atoms with Gasteiger partial charge in [-0.15, -0.1) is 0 Å². The van der Waals surface area contributed by atoms with Gasteiger partial charge in [0.2, 0.25) is 0 Å². The van der Waals surface area contributed by atoms with E-state index in [0.717, 1.165) is 12.8 Å². The van der Waals surface area contributed by atoms with Gasteiger partial charge in [-0.2, -0.15) is 0 Å². The third-order valence-corrected chi connectivity index (χ3v) is 16.2. The Bertz CT molecular complexity index is 1340. The van der Waals surface area contributed by atoms with Gasteiger partial charge in [-0.1, -0.05) is 96.9 Å². The maximum absolute atomic E-state index is 13.3. The highest BCUT2D eigenvalue weighted by atomic mass is 16.7. The molecular formula is C47H82O11. The van der Waals surface area contributed by atoms with Crippen LogP contribution in [-0.4, -0.2) is 97.8 Å². The first kappa shape index (κ1) is 48.0. The van der Waals surface area contributed by atoms with Gasteiger partial charge in [0.05, 0.1) is 48.8 Å². The van der Waals surface area contributed by atoms with Crippen molar-refractivity contribution >= 4 is 11.6 Å². The lowest BCUT2D eigenvalue weighted by Gasteiger charge is -2.52. The number of carbonyl (C=O) groups is 2. The third-order valence-electron chi connectivity index (χ3n) is 16.2. The van der Waals surface area contributed by atoms with Gasteiger partial charge < -0.3 is 42.6 Å². The van der Waals surface area contributed by atoms with Crippen LogP contribution in [-0.2, 0) is 52.2 Å². The summed E-state index contributed by atoms with van der Waals surface area (Å²) in [5, 5.41) is 0. The van der Waals surface area contributed by atoms with Crippen LogP contribution in [0.3, 0.4) is 0 Å². The molecule has 11 unspecified atom stereocenters. The molecule has 58 heavy (non-hydrogen) atoms. The highest BCUT2D eigenvalue weighted by molar-refractivity contribution is 5.81. The smallest absolute Gasteiger partial charge is 0.162 e. The summed E-state index contributed by atoms with van der Waals surface area (Å²) in [7, 11) is 0. The molecule has 0 bridgehead atoms. The second-order valence-electron chi connectivity index (χ2n) is 19.6. The monoisotopic (exact) mass is 823 g/mol. The minimum Gasteiger partial charge on any atom is -0.372 e. The molecule has 0 saturated carbocycles. The van der Waals surface area contributed by atoms with E-state index in [1.54, 1.807) is 13.8 Å². The number of hydrogen-bond donors (Lipinski definition) is 0. The molecule has 0 aromatic carbocycles. The fraction of sp³-hybridized carbons (Fsp3) is 0.957. The number of ether oxygens (including phenoxy) is 9. The summed E-state index contributed by atoms with van der Waals surface area (Å²) in [6, 6.07) is 0. The van der Waals surface area contributed by atoms with Gasteiger partial charge in [-0.25, -0.2) is 0 Å². The molecule has 5 aliphatic heterocycles. The van der Waals surface area contributed by atoms with E-state index in [2.05, 4.69) is 104 Å². The molecule has 0 spiro atoms. The van der Waals surface area contributed by atoms with Crippen molar-refractivity contribution in [2.45, 2.75) is 223 Å². The maximum Gasteiger partial charge on any atom is 0.162 e. The number of ketones is 2. The molecule has 0 aromatic rings. The van der Waals surface area contributed by atoms with Crippen LogP contribution in [0.25, 0.3) is 0 Å². The fourth-order valence-corrected chi connectivity index (χ4v) is 10.5. The lowest BCUT2D eigenvalue weighted by atomic mass is 9.78. The Hall–Kier alpha value is -1.02. The van der Waals surface area contributed by atoms with E-state index in [9.17, 15) is 9.59 Å². The highest BCUT2D eigenvalue weighted by Gasteiger charge is 2.53. The van der Waals surface area contributed by atoms with Gasteiger partial charge in [0.25, 0.3) is 0 Å². The lowest BCUT2D eigenvalue weighted by molar-refractivity contribution is -0.357. The van der Waals surface area contributed by atoms with E-state index < -0.39 is 49.6 Å². The van der Waals surface area contributed by atoms with Crippen molar-refractivity contribution in [3.8, 4) is 0 Å². The Kier molecular flexibility index (Phi) is 16.6. The second kappa shape index (κ2) is 20.0. The number of hydrogen-bond acceptors (Lipinski definition) is 11. The molecule has 25 atom stereocenters. The molecule has 336 valence electrons. The Morgan fingerprint density at radius 3 is 1.07 bits per heavy atom. The summed E-state index contributed by atoms with van der Waals surface area (Å²) >= 11 is 0. The zero-order valence-electron chi connectivity index (χ0n) is 39.0. The van der Waals surface area contributed by atoms with Crippen molar-refractivity contribution < 1.29 is 52.2 Å². The fourth-order valence-electron chi connectivity index (χ4n) is 10.5. The zero-order valence-corrected chi connectivity index (χ0v) is 39.0. The molecule has 0 amide bonds. The molecular weight excluding hydrogens is 741 g/mol. The molecule has 5 aliphatic rings. The predicted molar refractivity (Wildman–Crippen MR) is 222 cm³/mol. The van der Waals surface area contributed by atoms with Crippen molar-refractivity contribution in [1.82, 2.24) is 0 Å². The van der Waals surface area contributed by atoms with Crippen molar-refractivity contribution in [2.75, 3.05) is 0 Å². The van der Waals surface area contributed by atoms with Crippen LogP contribution in [0.1, 0.15) is 137 Å². The van der Waals surface area contributed by atoms with Gasteiger partial charge in [-0.3, -0.25) is 9.59 Å². The summed E-state index contributed by atoms with van der Waals surface area (Å²) in [6.45, 7) is 35.6. The minimum absolute atomic E-state index is 0.0118. The second-order valence-corrected chi connectivity index (χ2v) is 19.6. The van der Waals surface area contributed by atoms with Crippen LogP contribution < -0.4 is 0 Å². The van der Waals surface area contributed by atoms with Crippen molar-refractivity contribution in [3.05, 3.63) is 0 Å². The summed E-state index contributed by atoms with van der Waals surface area (Å²) in [5.74, 6) is 1.19. The van der Waals surface area contributed by atoms with Crippen LogP contribution in [0.5, 0.6) is 0 Å². The van der Waals surface area contributed by atoms with Gasteiger partial charge in [0.1, 0.15) is 12.2 Å². The van der Waals surface area contributed by atoms with Crippen LogP contribution in [0.15, 0.2) is 0 Å². The summed E-state index contributed by atoms with van der Waals surface area (Å²) in [5.41, 5.74) is 0. The summed E-state index contributed by atoms with van der Waals surface area (Å²) in [6.07, 6.45) is -2.84. The Morgan fingerprint density at radius 1 is 0.362 bits per heavy atom. The van der Waals surface area contributed by atoms with Gasteiger partial charge in [-0.05, 0) is 81.5 Å². The first-order valence-electron chi connectivity index (χ1n) is 23.2. The Labute approximate surface area is 351 Å². The Morgan fingerprint density at radius 2 is 0.672 bits per heavy atom. The first-order valence-corrected chi connectivity index (χ1v) is 23.2. The maximum atomic E-state index is 13.3. The van der Waals surface area contributed by atoms with Crippen molar-refractivity contribution in [2.24, 2.45) is 65.1 Å². The average Bonchev–Trinajstić information content (AvgIpc) is 3.19. The van der Waals surface area contributed by atoms with Crippen LogP contribution in [0.4, 0.5) is 0 Å². The Balaban J connectivity index is 1.26. The SMILES string of the molecule is CCC1O[C@@H](O[C@H]2C(C(C)=O)O[C@@H](O[C@H]3C(CC)O[C@@H](O[C@H]4C(C(C)=O)O[C@@H](O[C@H]5C(CC)OC(C)C(C)[C@H]5C)[C@@H](C)C4C)C(C)[C@H]3C)C(C)[C@H]2C)C(C)[C@@H](C)[C@H]1C. The molecule has 0 N–H and O–H groups in total. The molecule has 0 radical (unpaired) electrons. The lowest BCUT2D eigenvalue weighted by Crippen LogP contribution is -2.60. The first-order chi connectivity index (χ1) is 27.3. The minimum atomic E-state index is -0.800. The molecule has 11 nitrogen and oxygen atoms in total. The van der Waals surface area contributed by atoms with Crippen molar-refractivity contribution in [1.29, 1.82) is 0 Å². The molecule has 0 aromatic heterocycles. The normalized spacial score (nSPS) is 51.6. The van der Waals surface area contributed by atoms with Crippen molar-refractivity contribution in [3.63, 3.8) is 0 Å². The van der Waals surface area contributed by atoms with E-state index in [1.165, 1.54) is 0 Å². The molecule has 5 saturated heterocycles. The molecule has 5 rings (SSSR count). The quantitative estimate of drug-likeness (QED) is 0.178. The average molecular weight is 823 g/mol. The molecule has 5 heterocycles. The summed E-state index contributed by atoms with van der Waals surface area (Å²) < 4.78 is 60.2. The van der Waals surface area contributed by atoms with E-state index in [1.807, 2.05) is 0 Å². The largest absolute Gasteiger partial charge is 0.372 e. The van der Waals surface area contributed by atoms with E-state index in [-0.39, 0.29) is 95.5 Å². The van der Waals surface area contributed by atoms with Gasteiger partial charge in [0.15, 0.2) is 36.7 Å². The topological polar surface area (TPSA) is 117 Å². The number of Topliss-reactive ketones (excluding diaryl/α,β-unsaturated/α-hetero) is 2. The molecule has 0 aliphatic carbocycles. The number of rotatable bonds is 13. The highest BCUT2D eigenvalue weighted by Crippen LogP contribution is 2.45. The zero-order chi connectivity index (χ0) is 43.1. The molecule has 11 heteroatoms. The van der Waals surface area contributed by atoms with E-state index in [0.29, 0.717) is 24.2 Å². The third kappa shape index (κ3) is 9.63. The predicted octanol–water partition coefficient (Wildman–Crippen LogP) is 8.62. The van der Waals surface area contributed by atoms with Gasteiger partial charge in [0, 0.05) is 23.7 Å². The van der Waals surface area contributed by atoms with Gasteiger partial charge >= 0.3 is 0 Å². The van der Waals surface area contributed by atoms with Crippen LogP contribution in [0, 0.1) is 65.1 Å². The summed E-state index contributed by atoms with van der Waals surface area (Å²) in [4.78, 5) is 26.5.